The van der Waals surface area contributed by atoms with Crippen LogP contribution in [0.15, 0.2) is 27.5 Å². The number of hydrogen-bond donors (Lipinski definition) is 1. The molecule has 2 heterocycles. The molecule has 3 aromatic rings. The third-order valence-corrected chi connectivity index (χ3v) is 5.79. The summed E-state index contributed by atoms with van der Waals surface area (Å²) in [5.41, 5.74) is 2.06. The van der Waals surface area contributed by atoms with Gasteiger partial charge in [-0.25, -0.2) is 4.79 Å². The molecule has 8 heteroatoms. The van der Waals surface area contributed by atoms with Crippen LogP contribution in [0.1, 0.15) is 64.3 Å². The Bertz CT molecular complexity index is 1100. The topological polar surface area (TPSA) is 95.0 Å². The first kappa shape index (κ1) is 20.4. The second-order valence-electron chi connectivity index (χ2n) is 8.43. The van der Waals surface area contributed by atoms with Crippen LogP contribution in [0, 0.1) is 6.92 Å². The summed E-state index contributed by atoms with van der Waals surface area (Å²) in [6.07, 6.45) is 6.76. The maximum atomic E-state index is 13.2. The van der Waals surface area contributed by atoms with E-state index < -0.39 is 0 Å². The first-order valence-corrected chi connectivity index (χ1v) is 10.8. The number of fused-ring (bicyclic) bond motifs is 1. The molecule has 1 fully saturated rings. The second kappa shape index (κ2) is 8.45. The fraction of sp³-hybridized carbons (Fsp3) is 0.545. The van der Waals surface area contributed by atoms with Gasteiger partial charge in [-0.3, -0.25) is 13.9 Å². The number of hydrogen-bond acceptors (Lipinski definition) is 5. The zero-order valence-electron chi connectivity index (χ0n) is 17.9. The predicted molar refractivity (Wildman–Crippen MR) is 114 cm³/mol. The summed E-state index contributed by atoms with van der Waals surface area (Å²) in [5, 5.41) is 7.11. The highest BCUT2D eigenvalue weighted by Crippen LogP contribution is 2.24. The van der Waals surface area contributed by atoms with Crippen molar-refractivity contribution in [2.45, 2.75) is 77.9 Å². The third kappa shape index (κ3) is 4.04. The molecule has 0 spiro atoms. The molecule has 1 N–H and O–H groups in total. The van der Waals surface area contributed by atoms with Gasteiger partial charge in [0.25, 0.3) is 0 Å². The highest BCUT2D eigenvalue weighted by molar-refractivity contribution is 5.84. The minimum absolute atomic E-state index is 0.000276. The molecule has 30 heavy (non-hydrogen) atoms. The fourth-order valence-corrected chi connectivity index (χ4v) is 4.33. The number of aromatic nitrogens is 4. The Morgan fingerprint density at radius 3 is 2.57 bits per heavy atom. The fourth-order valence-electron chi connectivity index (χ4n) is 4.33. The SMILES string of the molecule is Cc1nc(-c2ccc3c(c2)n(CC(=O)NC2CCCCCC2)c(=O)n3C(C)C)no1. The molecule has 2 aromatic heterocycles. The molecule has 1 saturated carbocycles. The Morgan fingerprint density at radius 2 is 1.93 bits per heavy atom. The highest BCUT2D eigenvalue weighted by atomic mass is 16.5. The summed E-state index contributed by atoms with van der Waals surface area (Å²) in [7, 11) is 0. The summed E-state index contributed by atoms with van der Waals surface area (Å²) in [4.78, 5) is 30.2. The van der Waals surface area contributed by atoms with E-state index in [9.17, 15) is 9.59 Å². The molecule has 1 aliphatic rings. The van der Waals surface area contributed by atoms with Crippen LogP contribution in [0.5, 0.6) is 0 Å². The Hall–Kier alpha value is -2.90. The zero-order chi connectivity index (χ0) is 21.3. The molecule has 1 aromatic carbocycles. The number of carbonyl (C=O) groups excluding carboxylic acids is 1. The number of imidazole rings is 1. The van der Waals surface area contributed by atoms with Gasteiger partial charge >= 0.3 is 5.69 Å². The maximum Gasteiger partial charge on any atom is 0.329 e. The van der Waals surface area contributed by atoms with Crippen molar-refractivity contribution in [3.63, 3.8) is 0 Å². The van der Waals surface area contributed by atoms with Crippen molar-refractivity contribution in [2.75, 3.05) is 0 Å². The van der Waals surface area contributed by atoms with Crippen LogP contribution in [0.3, 0.4) is 0 Å². The van der Waals surface area contributed by atoms with Crippen LogP contribution in [-0.4, -0.2) is 31.2 Å². The van der Waals surface area contributed by atoms with Gasteiger partial charge in [0.1, 0.15) is 6.54 Å². The monoisotopic (exact) mass is 411 g/mol. The van der Waals surface area contributed by atoms with Gasteiger partial charge in [0, 0.05) is 24.6 Å². The minimum Gasteiger partial charge on any atom is -0.352 e. The average molecular weight is 412 g/mol. The van der Waals surface area contributed by atoms with Crippen LogP contribution in [0.4, 0.5) is 0 Å². The first-order valence-electron chi connectivity index (χ1n) is 10.8. The molecule has 0 aliphatic heterocycles. The number of nitrogens with zero attached hydrogens (tertiary/aromatic N) is 4. The van der Waals surface area contributed by atoms with Crippen molar-refractivity contribution in [2.24, 2.45) is 0 Å². The molecule has 0 atom stereocenters. The van der Waals surface area contributed by atoms with Gasteiger partial charge in [-0.1, -0.05) is 30.8 Å². The second-order valence-corrected chi connectivity index (χ2v) is 8.43. The van der Waals surface area contributed by atoms with E-state index in [0.29, 0.717) is 17.2 Å². The number of nitrogens with one attached hydrogen (secondary N) is 1. The normalized spacial score (nSPS) is 15.6. The van der Waals surface area contributed by atoms with E-state index in [1.807, 2.05) is 32.0 Å². The summed E-state index contributed by atoms with van der Waals surface area (Å²) in [5.74, 6) is 0.825. The molecule has 0 radical (unpaired) electrons. The standard InChI is InChI=1S/C22H29N5O3/c1-14(2)27-18-11-10-16(21-23-15(3)30-25-21)12-19(18)26(22(27)29)13-20(28)24-17-8-6-4-5-7-9-17/h10-12,14,17H,4-9,13H2,1-3H3,(H,24,28). The summed E-state index contributed by atoms with van der Waals surface area (Å²) >= 11 is 0. The van der Waals surface area contributed by atoms with E-state index in [2.05, 4.69) is 15.5 Å². The summed E-state index contributed by atoms with van der Waals surface area (Å²) in [6.45, 7) is 5.67. The molecule has 0 saturated heterocycles. The van der Waals surface area contributed by atoms with E-state index in [1.54, 1.807) is 16.1 Å². The third-order valence-electron chi connectivity index (χ3n) is 5.79. The first-order chi connectivity index (χ1) is 14.4. The average Bonchev–Trinajstić information content (AvgIpc) is 3.13. The molecule has 1 amide bonds. The molecule has 1 aliphatic carbocycles. The lowest BCUT2D eigenvalue weighted by molar-refractivity contribution is -0.122. The molecule has 4 rings (SSSR count). The molecular weight excluding hydrogens is 382 g/mol. The van der Waals surface area contributed by atoms with E-state index in [-0.39, 0.29) is 30.2 Å². The van der Waals surface area contributed by atoms with Crippen molar-refractivity contribution < 1.29 is 9.32 Å². The Balaban J connectivity index is 1.69. The van der Waals surface area contributed by atoms with Gasteiger partial charge in [0.05, 0.1) is 11.0 Å². The van der Waals surface area contributed by atoms with Gasteiger partial charge in [0.15, 0.2) is 0 Å². The van der Waals surface area contributed by atoms with Crippen molar-refractivity contribution in [1.29, 1.82) is 0 Å². The quantitative estimate of drug-likeness (QED) is 0.648. The van der Waals surface area contributed by atoms with Gasteiger partial charge in [-0.2, -0.15) is 4.98 Å². The van der Waals surface area contributed by atoms with Crippen LogP contribution in [0.2, 0.25) is 0 Å². The van der Waals surface area contributed by atoms with Crippen LogP contribution in [-0.2, 0) is 11.3 Å². The molecule has 8 nitrogen and oxygen atoms in total. The van der Waals surface area contributed by atoms with E-state index in [4.69, 9.17) is 4.52 Å². The van der Waals surface area contributed by atoms with Gasteiger partial charge in [-0.05, 0) is 44.9 Å². The van der Waals surface area contributed by atoms with Gasteiger partial charge < -0.3 is 9.84 Å². The van der Waals surface area contributed by atoms with Gasteiger partial charge in [0.2, 0.25) is 17.6 Å². The van der Waals surface area contributed by atoms with Crippen LogP contribution >= 0.6 is 0 Å². The number of carbonyl (C=O) groups is 1. The lowest BCUT2D eigenvalue weighted by atomic mass is 10.1. The van der Waals surface area contributed by atoms with Crippen molar-refractivity contribution in [3.8, 4) is 11.4 Å². The Labute approximate surface area is 175 Å². The predicted octanol–water partition coefficient (Wildman–Crippen LogP) is 3.58. The smallest absolute Gasteiger partial charge is 0.329 e. The molecule has 0 bridgehead atoms. The number of rotatable bonds is 5. The van der Waals surface area contributed by atoms with E-state index in [1.165, 1.54) is 12.8 Å². The Morgan fingerprint density at radius 1 is 1.20 bits per heavy atom. The largest absolute Gasteiger partial charge is 0.352 e. The number of amides is 1. The number of aryl methyl sites for hydroxylation is 1. The van der Waals surface area contributed by atoms with Crippen molar-refractivity contribution in [1.82, 2.24) is 24.6 Å². The molecular formula is C22H29N5O3. The van der Waals surface area contributed by atoms with E-state index in [0.717, 1.165) is 36.8 Å². The summed E-state index contributed by atoms with van der Waals surface area (Å²) in [6, 6.07) is 5.80. The van der Waals surface area contributed by atoms with Gasteiger partial charge in [-0.15, -0.1) is 0 Å². The lowest BCUT2D eigenvalue weighted by Gasteiger charge is -2.16. The maximum absolute atomic E-state index is 13.2. The molecule has 0 unspecified atom stereocenters. The van der Waals surface area contributed by atoms with E-state index >= 15 is 0 Å². The van der Waals surface area contributed by atoms with Crippen LogP contribution in [0.25, 0.3) is 22.4 Å². The highest BCUT2D eigenvalue weighted by Gasteiger charge is 2.21. The number of benzene rings is 1. The van der Waals surface area contributed by atoms with Crippen molar-refractivity contribution in [3.05, 3.63) is 34.6 Å². The Kier molecular flexibility index (Phi) is 5.74. The lowest BCUT2D eigenvalue weighted by Crippen LogP contribution is -2.39. The van der Waals surface area contributed by atoms with Crippen molar-refractivity contribution >= 4 is 16.9 Å². The summed E-state index contributed by atoms with van der Waals surface area (Å²) < 4.78 is 8.36. The molecule has 160 valence electrons. The van der Waals surface area contributed by atoms with Crippen LogP contribution < -0.4 is 11.0 Å². The minimum atomic E-state index is -0.183. The zero-order valence-corrected chi connectivity index (χ0v) is 17.9.